The van der Waals surface area contributed by atoms with Crippen molar-refractivity contribution < 1.29 is 13.2 Å². The molecule has 1 aromatic rings. The maximum atomic E-state index is 11.8. The Morgan fingerprint density at radius 2 is 2.12 bits per heavy atom. The lowest BCUT2D eigenvalue weighted by atomic mass is 10.4. The summed E-state index contributed by atoms with van der Waals surface area (Å²) in [4.78, 5) is 10.9. The number of nitrogens with one attached hydrogen (secondary N) is 1. The Bertz CT molecular complexity index is 495. The predicted octanol–water partition coefficient (Wildman–Crippen LogP) is 2.32. The third-order valence-corrected chi connectivity index (χ3v) is 4.58. The SMILES string of the molecule is CCC(=O)NS(=O)(=O)c1c(Cl)cccc1Br. The molecule has 7 heteroatoms. The molecular formula is C9H9BrClNO3S. The molecule has 0 saturated carbocycles. The van der Waals surface area contributed by atoms with Gasteiger partial charge in [0.25, 0.3) is 10.0 Å². The zero-order valence-corrected chi connectivity index (χ0v) is 11.5. The highest BCUT2D eigenvalue weighted by Crippen LogP contribution is 2.28. The largest absolute Gasteiger partial charge is 0.274 e. The van der Waals surface area contributed by atoms with Crippen molar-refractivity contribution in [3.05, 3.63) is 27.7 Å². The first-order valence-electron chi connectivity index (χ1n) is 4.38. The van der Waals surface area contributed by atoms with Crippen molar-refractivity contribution >= 4 is 43.5 Å². The van der Waals surface area contributed by atoms with Gasteiger partial charge in [-0.1, -0.05) is 24.6 Å². The number of benzene rings is 1. The standard InChI is InChI=1S/C9H9BrClNO3S/c1-2-8(13)12-16(14,15)9-6(10)4-3-5-7(9)11/h3-5H,2H2,1H3,(H,12,13). The number of carbonyl (C=O) groups excluding carboxylic acids is 1. The van der Waals surface area contributed by atoms with E-state index in [1.807, 2.05) is 4.72 Å². The van der Waals surface area contributed by atoms with Crippen LogP contribution in [0.2, 0.25) is 5.02 Å². The lowest BCUT2D eigenvalue weighted by Gasteiger charge is -2.09. The Balaban J connectivity index is 3.23. The Kier molecular flexibility index (Phi) is 4.35. The van der Waals surface area contributed by atoms with E-state index >= 15 is 0 Å². The van der Waals surface area contributed by atoms with Crippen molar-refractivity contribution in [2.45, 2.75) is 18.2 Å². The average molecular weight is 327 g/mol. The fraction of sp³-hybridized carbons (Fsp3) is 0.222. The van der Waals surface area contributed by atoms with Crippen molar-refractivity contribution in [2.75, 3.05) is 0 Å². The number of rotatable bonds is 3. The third kappa shape index (κ3) is 2.96. The second-order valence-corrected chi connectivity index (χ2v) is 5.81. The van der Waals surface area contributed by atoms with Gasteiger partial charge in [0.1, 0.15) is 4.90 Å². The quantitative estimate of drug-likeness (QED) is 0.927. The summed E-state index contributed by atoms with van der Waals surface area (Å²) < 4.78 is 25.8. The molecule has 0 saturated heterocycles. The maximum Gasteiger partial charge on any atom is 0.266 e. The number of hydrogen-bond donors (Lipinski definition) is 1. The number of carbonyl (C=O) groups is 1. The molecule has 0 fully saturated rings. The summed E-state index contributed by atoms with van der Waals surface area (Å²) in [5, 5.41) is 0.0609. The van der Waals surface area contributed by atoms with Crippen LogP contribution >= 0.6 is 27.5 Å². The van der Waals surface area contributed by atoms with E-state index in [1.165, 1.54) is 12.1 Å². The van der Waals surface area contributed by atoms with Gasteiger partial charge in [0.05, 0.1) is 5.02 Å². The van der Waals surface area contributed by atoms with Crippen LogP contribution in [-0.4, -0.2) is 14.3 Å². The van der Waals surface area contributed by atoms with E-state index < -0.39 is 15.9 Å². The van der Waals surface area contributed by atoms with Crippen LogP contribution in [0.15, 0.2) is 27.6 Å². The van der Waals surface area contributed by atoms with Gasteiger partial charge >= 0.3 is 0 Å². The Morgan fingerprint density at radius 1 is 1.50 bits per heavy atom. The highest BCUT2D eigenvalue weighted by atomic mass is 79.9. The number of hydrogen-bond acceptors (Lipinski definition) is 3. The first-order chi connectivity index (χ1) is 7.38. The third-order valence-electron chi connectivity index (χ3n) is 1.76. The van der Waals surface area contributed by atoms with Crippen LogP contribution in [0.3, 0.4) is 0 Å². The lowest BCUT2D eigenvalue weighted by molar-refractivity contribution is -0.119. The monoisotopic (exact) mass is 325 g/mol. The van der Waals surface area contributed by atoms with Crippen molar-refractivity contribution in [1.82, 2.24) is 4.72 Å². The van der Waals surface area contributed by atoms with Gasteiger partial charge in [0.2, 0.25) is 5.91 Å². The average Bonchev–Trinajstić information content (AvgIpc) is 2.16. The molecule has 16 heavy (non-hydrogen) atoms. The maximum absolute atomic E-state index is 11.8. The molecule has 1 aromatic carbocycles. The van der Waals surface area contributed by atoms with Crippen LogP contribution in [0.25, 0.3) is 0 Å². The summed E-state index contributed by atoms with van der Waals surface area (Å²) in [7, 11) is -3.91. The molecule has 1 amide bonds. The van der Waals surface area contributed by atoms with E-state index in [-0.39, 0.29) is 16.3 Å². The molecule has 0 spiro atoms. The highest BCUT2D eigenvalue weighted by Gasteiger charge is 2.22. The minimum atomic E-state index is -3.91. The van der Waals surface area contributed by atoms with Crippen molar-refractivity contribution in [2.24, 2.45) is 0 Å². The van der Waals surface area contributed by atoms with Crippen LogP contribution in [0, 0.1) is 0 Å². The summed E-state index contributed by atoms with van der Waals surface area (Å²) in [6.07, 6.45) is 0.0846. The summed E-state index contributed by atoms with van der Waals surface area (Å²) in [6.45, 7) is 1.56. The van der Waals surface area contributed by atoms with Crippen molar-refractivity contribution in [1.29, 1.82) is 0 Å². The molecule has 88 valence electrons. The first kappa shape index (κ1) is 13.5. The molecule has 1 N–H and O–H groups in total. The number of sulfonamides is 1. The zero-order chi connectivity index (χ0) is 12.3. The summed E-state index contributed by atoms with van der Waals surface area (Å²) >= 11 is 8.86. The van der Waals surface area contributed by atoms with Crippen molar-refractivity contribution in [3.63, 3.8) is 0 Å². The molecule has 0 unspecified atom stereocenters. The van der Waals surface area contributed by atoms with Crippen molar-refractivity contribution in [3.8, 4) is 0 Å². The minimum Gasteiger partial charge on any atom is -0.274 e. The van der Waals surface area contributed by atoms with E-state index in [0.29, 0.717) is 4.47 Å². The Morgan fingerprint density at radius 3 is 2.62 bits per heavy atom. The minimum absolute atomic E-state index is 0.0609. The molecule has 0 radical (unpaired) electrons. The first-order valence-corrected chi connectivity index (χ1v) is 7.03. The molecule has 0 bridgehead atoms. The Hall–Kier alpha value is -0.590. The van der Waals surface area contributed by atoms with E-state index in [4.69, 9.17) is 11.6 Å². The molecule has 4 nitrogen and oxygen atoms in total. The van der Waals surface area contributed by atoms with Gasteiger partial charge in [-0.2, -0.15) is 0 Å². The smallest absolute Gasteiger partial charge is 0.266 e. The Labute approximate surface area is 107 Å². The molecular weight excluding hydrogens is 318 g/mol. The van der Waals surface area contributed by atoms with Crippen LogP contribution < -0.4 is 4.72 Å². The van der Waals surface area contributed by atoms with Gasteiger partial charge in [-0.05, 0) is 28.1 Å². The predicted molar refractivity (Wildman–Crippen MR) is 64.8 cm³/mol. The van der Waals surface area contributed by atoms with Crippen LogP contribution in [-0.2, 0) is 14.8 Å². The lowest BCUT2D eigenvalue weighted by Crippen LogP contribution is -2.30. The summed E-state index contributed by atoms with van der Waals surface area (Å²) in [5.74, 6) is -0.577. The van der Waals surface area contributed by atoms with Gasteiger partial charge in [-0.25, -0.2) is 13.1 Å². The van der Waals surface area contributed by atoms with E-state index in [1.54, 1.807) is 13.0 Å². The van der Waals surface area contributed by atoms with E-state index in [9.17, 15) is 13.2 Å². The van der Waals surface area contributed by atoms with Crippen LogP contribution in [0.4, 0.5) is 0 Å². The topological polar surface area (TPSA) is 63.2 Å². The normalized spacial score (nSPS) is 11.2. The molecule has 0 aliphatic rings. The highest BCUT2D eigenvalue weighted by molar-refractivity contribution is 9.10. The summed E-state index contributed by atoms with van der Waals surface area (Å²) in [5.41, 5.74) is 0. The van der Waals surface area contributed by atoms with Gasteiger partial charge < -0.3 is 0 Å². The summed E-state index contributed by atoms with van der Waals surface area (Å²) in [6, 6.07) is 4.58. The fourth-order valence-corrected chi connectivity index (χ4v) is 3.81. The molecule has 1 rings (SSSR count). The van der Waals surface area contributed by atoms with E-state index in [2.05, 4.69) is 15.9 Å². The van der Waals surface area contributed by atoms with Gasteiger partial charge in [-0.15, -0.1) is 0 Å². The second-order valence-electron chi connectivity index (χ2n) is 2.93. The van der Waals surface area contributed by atoms with Gasteiger partial charge in [0, 0.05) is 10.9 Å². The van der Waals surface area contributed by atoms with E-state index in [0.717, 1.165) is 0 Å². The van der Waals surface area contributed by atoms with Crippen LogP contribution in [0.5, 0.6) is 0 Å². The molecule has 0 aliphatic carbocycles. The van der Waals surface area contributed by atoms with Gasteiger partial charge in [-0.3, -0.25) is 4.79 Å². The molecule has 0 aromatic heterocycles. The fourth-order valence-electron chi connectivity index (χ4n) is 1.01. The van der Waals surface area contributed by atoms with Crippen LogP contribution in [0.1, 0.15) is 13.3 Å². The van der Waals surface area contributed by atoms with Gasteiger partial charge in [0.15, 0.2) is 0 Å². The molecule has 0 heterocycles. The number of halogens is 2. The number of amides is 1. The second kappa shape index (κ2) is 5.16. The molecule has 0 aliphatic heterocycles. The zero-order valence-electron chi connectivity index (χ0n) is 8.33. The molecule has 0 atom stereocenters.